The number of aryl methyl sites for hydroxylation is 1. The summed E-state index contributed by atoms with van der Waals surface area (Å²) in [5, 5.41) is 0. The first-order valence-corrected chi connectivity index (χ1v) is 10.0. The van der Waals surface area contributed by atoms with Gasteiger partial charge in [-0.1, -0.05) is 29.8 Å². The summed E-state index contributed by atoms with van der Waals surface area (Å²) in [5.41, 5.74) is 2.90. The zero-order valence-corrected chi connectivity index (χ0v) is 15.2. The van der Waals surface area contributed by atoms with E-state index in [0.29, 0.717) is 5.69 Å². The van der Waals surface area contributed by atoms with Crippen LogP contribution in [0.2, 0.25) is 0 Å². The minimum Gasteiger partial charge on any atom is -0.337 e. The fraction of sp³-hybridized carbons (Fsp3) is 0.368. The van der Waals surface area contributed by atoms with Gasteiger partial charge in [0.1, 0.15) is 10.7 Å². The number of halogens is 1. The van der Waals surface area contributed by atoms with E-state index < -0.39 is 15.8 Å². The molecular weight excluding hydrogens is 339 g/mol. The van der Waals surface area contributed by atoms with E-state index in [1.807, 2.05) is 19.1 Å². The second kappa shape index (κ2) is 5.81. The van der Waals surface area contributed by atoms with Crippen molar-refractivity contribution in [2.24, 2.45) is 0 Å². The Kier molecular flexibility index (Phi) is 3.85. The zero-order valence-electron chi connectivity index (χ0n) is 14.4. The number of anilines is 1. The molecule has 2 aromatic rings. The quantitative estimate of drug-likeness (QED) is 0.885. The lowest BCUT2D eigenvalue weighted by atomic mass is 9.89. The molecule has 0 bridgehead atoms. The number of likely N-dealkylation sites (N-methyl/N-ethyl adjacent to an activating group) is 1. The summed E-state index contributed by atoms with van der Waals surface area (Å²) < 4.78 is 42.4. The third kappa shape index (κ3) is 2.55. The molecule has 1 saturated heterocycles. The van der Waals surface area contributed by atoms with Crippen LogP contribution < -0.4 is 9.21 Å². The van der Waals surface area contributed by atoms with Gasteiger partial charge in [0.15, 0.2) is 0 Å². The van der Waals surface area contributed by atoms with E-state index in [4.69, 9.17) is 0 Å². The highest BCUT2D eigenvalue weighted by Gasteiger charge is 2.48. The lowest BCUT2D eigenvalue weighted by Crippen LogP contribution is -3.11. The summed E-state index contributed by atoms with van der Waals surface area (Å²) in [6, 6.07) is 11.4. The van der Waals surface area contributed by atoms with Crippen molar-refractivity contribution in [3.63, 3.8) is 0 Å². The van der Waals surface area contributed by atoms with Crippen molar-refractivity contribution in [2.75, 3.05) is 24.4 Å². The number of nitrogens with zero attached hydrogens (tertiary/aromatic N) is 1. The standard InChI is InChI=1S/C19H21FN2O2S/c1-13-7-8-17-14(11-13)15-12-21(2)10-9-18(15)22(17)25(23,24)19-6-4-3-5-16(19)20/h3-8,11,15,18H,9-10,12H2,1-2H3/p+1/t15-,18+/m1/s1. The molecule has 1 fully saturated rings. The van der Waals surface area contributed by atoms with Crippen LogP contribution in [0.25, 0.3) is 0 Å². The highest BCUT2D eigenvalue weighted by atomic mass is 32.2. The highest BCUT2D eigenvalue weighted by Crippen LogP contribution is 2.45. The molecule has 4 nitrogen and oxygen atoms in total. The molecule has 0 amide bonds. The lowest BCUT2D eigenvalue weighted by molar-refractivity contribution is -0.886. The van der Waals surface area contributed by atoms with Crippen LogP contribution in [0.3, 0.4) is 0 Å². The van der Waals surface area contributed by atoms with Gasteiger partial charge >= 0.3 is 0 Å². The van der Waals surface area contributed by atoms with E-state index in [1.165, 1.54) is 27.4 Å². The zero-order chi connectivity index (χ0) is 17.8. The van der Waals surface area contributed by atoms with Gasteiger partial charge in [-0.2, -0.15) is 0 Å². The smallest absolute Gasteiger partial charge is 0.267 e. The molecule has 6 heteroatoms. The maximum atomic E-state index is 14.3. The summed E-state index contributed by atoms with van der Waals surface area (Å²) in [6.45, 7) is 3.82. The summed E-state index contributed by atoms with van der Waals surface area (Å²) >= 11 is 0. The topological polar surface area (TPSA) is 41.8 Å². The van der Waals surface area contributed by atoms with E-state index in [9.17, 15) is 12.8 Å². The van der Waals surface area contributed by atoms with Gasteiger partial charge in [0, 0.05) is 6.42 Å². The highest BCUT2D eigenvalue weighted by molar-refractivity contribution is 7.92. The van der Waals surface area contributed by atoms with Crippen LogP contribution >= 0.6 is 0 Å². The van der Waals surface area contributed by atoms with Crippen molar-refractivity contribution in [1.82, 2.24) is 0 Å². The number of hydrogen-bond donors (Lipinski definition) is 1. The molecule has 1 N–H and O–H groups in total. The lowest BCUT2D eigenvalue weighted by Gasteiger charge is -2.34. The minimum atomic E-state index is -3.93. The predicted octanol–water partition coefficient (Wildman–Crippen LogP) is 1.71. The van der Waals surface area contributed by atoms with Gasteiger partial charge in [-0.3, -0.25) is 4.31 Å². The van der Waals surface area contributed by atoms with Crippen LogP contribution in [0.4, 0.5) is 10.1 Å². The molecule has 4 rings (SSSR count). The molecule has 25 heavy (non-hydrogen) atoms. The fourth-order valence-electron chi connectivity index (χ4n) is 4.22. The predicted molar refractivity (Wildman–Crippen MR) is 95.0 cm³/mol. The van der Waals surface area contributed by atoms with Crippen LogP contribution in [0.1, 0.15) is 23.5 Å². The first kappa shape index (κ1) is 16.5. The summed E-state index contributed by atoms with van der Waals surface area (Å²) in [6.07, 6.45) is 0.776. The van der Waals surface area contributed by atoms with Crippen molar-refractivity contribution in [3.8, 4) is 0 Å². The molecule has 1 unspecified atom stereocenters. The SMILES string of the molecule is Cc1ccc2c(c1)[C@H]1C[NH+](C)CC[C@@H]1N2S(=O)(=O)c1ccccc1F. The summed E-state index contributed by atoms with van der Waals surface area (Å²) in [4.78, 5) is 1.16. The van der Waals surface area contributed by atoms with Gasteiger partial charge in [0.2, 0.25) is 0 Å². The molecule has 2 aliphatic heterocycles. The Labute approximate surface area is 147 Å². The average Bonchev–Trinajstić information content (AvgIpc) is 2.89. The van der Waals surface area contributed by atoms with Gasteiger partial charge in [-0.25, -0.2) is 12.8 Å². The number of rotatable bonds is 2. The molecule has 0 aromatic heterocycles. The molecule has 3 atom stereocenters. The third-order valence-electron chi connectivity index (χ3n) is 5.39. The van der Waals surface area contributed by atoms with Crippen molar-refractivity contribution in [3.05, 3.63) is 59.4 Å². The molecule has 2 aromatic carbocycles. The van der Waals surface area contributed by atoms with Crippen molar-refractivity contribution >= 4 is 15.7 Å². The second-order valence-electron chi connectivity index (χ2n) is 7.17. The van der Waals surface area contributed by atoms with Crippen molar-refractivity contribution in [2.45, 2.75) is 30.2 Å². The van der Waals surface area contributed by atoms with Crippen molar-refractivity contribution < 1.29 is 17.7 Å². The Morgan fingerprint density at radius 2 is 1.96 bits per heavy atom. The Hall–Kier alpha value is -1.92. The van der Waals surface area contributed by atoms with Gasteiger partial charge in [0.05, 0.1) is 37.8 Å². The van der Waals surface area contributed by atoms with Gasteiger partial charge in [-0.15, -0.1) is 0 Å². The number of likely N-dealkylation sites (tertiary alicyclic amines) is 1. The molecular formula is C19H22FN2O2S+. The summed E-state index contributed by atoms with van der Waals surface area (Å²) in [5.74, 6) is -0.539. The Balaban J connectivity index is 1.89. The van der Waals surface area contributed by atoms with Gasteiger partial charge in [-0.05, 0) is 30.7 Å². The first-order valence-electron chi connectivity index (χ1n) is 8.60. The van der Waals surface area contributed by atoms with E-state index >= 15 is 0 Å². The monoisotopic (exact) mass is 361 g/mol. The Bertz CT molecular complexity index is 929. The number of sulfonamides is 1. The molecule has 132 valence electrons. The van der Waals surface area contributed by atoms with Crippen LogP contribution in [0.5, 0.6) is 0 Å². The molecule has 0 spiro atoms. The van der Waals surface area contributed by atoms with Crippen LogP contribution in [0.15, 0.2) is 47.4 Å². The number of hydrogen-bond acceptors (Lipinski definition) is 2. The largest absolute Gasteiger partial charge is 0.337 e. The van der Waals surface area contributed by atoms with Crippen LogP contribution in [0, 0.1) is 12.7 Å². The Morgan fingerprint density at radius 3 is 2.72 bits per heavy atom. The maximum Gasteiger partial charge on any atom is 0.267 e. The normalized spacial score (nSPS) is 25.6. The number of fused-ring (bicyclic) bond motifs is 3. The summed E-state index contributed by atoms with van der Waals surface area (Å²) in [7, 11) is -1.80. The Morgan fingerprint density at radius 1 is 1.20 bits per heavy atom. The number of piperidine rings is 1. The molecule has 0 saturated carbocycles. The molecule has 2 heterocycles. The minimum absolute atomic E-state index is 0.134. The van der Waals surface area contributed by atoms with Crippen LogP contribution in [-0.4, -0.2) is 34.6 Å². The van der Waals surface area contributed by atoms with Gasteiger partial charge in [0.25, 0.3) is 10.0 Å². The molecule has 2 aliphatic rings. The number of quaternary nitrogens is 1. The third-order valence-corrected chi connectivity index (χ3v) is 7.27. The van der Waals surface area contributed by atoms with E-state index in [1.54, 1.807) is 6.07 Å². The number of nitrogens with one attached hydrogen (secondary N) is 1. The van der Waals surface area contributed by atoms with E-state index in [0.717, 1.165) is 30.6 Å². The fourth-order valence-corrected chi connectivity index (χ4v) is 6.04. The number of benzene rings is 2. The van der Waals surface area contributed by atoms with Crippen molar-refractivity contribution in [1.29, 1.82) is 0 Å². The van der Waals surface area contributed by atoms with E-state index in [2.05, 4.69) is 13.1 Å². The van der Waals surface area contributed by atoms with E-state index in [-0.39, 0.29) is 16.9 Å². The average molecular weight is 361 g/mol. The first-order chi connectivity index (χ1) is 11.9. The molecule has 0 radical (unpaired) electrons. The maximum absolute atomic E-state index is 14.3. The van der Waals surface area contributed by atoms with Gasteiger partial charge < -0.3 is 4.90 Å². The second-order valence-corrected chi connectivity index (χ2v) is 8.95. The van der Waals surface area contributed by atoms with Crippen LogP contribution in [-0.2, 0) is 10.0 Å². The molecule has 0 aliphatic carbocycles.